The highest BCUT2D eigenvalue weighted by Crippen LogP contribution is 2.28. The Hall–Kier alpha value is -2.81. The molecule has 2 aromatic carbocycles. The van der Waals surface area contributed by atoms with Crippen molar-refractivity contribution in [1.82, 2.24) is 4.98 Å². The van der Waals surface area contributed by atoms with E-state index in [1.54, 1.807) is 7.11 Å². The minimum atomic E-state index is 0.0377. The smallest absolute Gasteiger partial charge is 0.129 e. The zero-order chi connectivity index (χ0) is 16.1. The number of hydrogen-bond donors (Lipinski definition) is 1. The first kappa shape index (κ1) is 15.1. The molecule has 23 heavy (non-hydrogen) atoms. The lowest BCUT2D eigenvalue weighted by Gasteiger charge is -2.21. The lowest BCUT2D eigenvalue weighted by molar-refractivity contribution is 0.414. The molecule has 0 aliphatic carbocycles. The topological polar surface area (TPSA) is 34.1 Å². The van der Waals surface area contributed by atoms with Crippen LogP contribution in [0.3, 0.4) is 0 Å². The van der Waals surface area contributed by atoms with Gasteiger partial charge in [0.15, 0.2) is 0 Å². The molecule has 1 N–H and O–H groups in total. The third kappa shape index (κ3) is 3.51. The Balaban J connectivity index is 1.98. The highest BCUT2D eigenvalue weighted by atomic mass is 16.5. The van der Waals surface area contributed by atoms with E-state index in [2.05, 4.69) is 59.7 Å². The molecular formula is C20H20N2O. The number of aryl methyl sites for hydroxylation is 1. The Bertz CT molecular complexity index is 754. The predicted octanol–water partition coefficient (Wildman–Crippen LogP) is 4.60. The van der Waals surface area contributed by atoms with Gasteiger partial charge in [0.2, 0.25) is 0 Å². The van der Waals surface area contributed by atoms with Gasteiger partial charge in [0.1, 0.15) is 11.6 Å². The van der Waals surface area contributed by atoms with Crippen LogP contribution in [-0.4, -0.2) is 12.1 Å². The molecule has 0 saturated heterocycles. The number of rotatable bonds is 5. The van der Waals surface area contributed by atoms with Crippen molar-refractivity contribution in [3.8, 4) is 5.75 Å². The van der Waals surface area contributed by atoms with Crippen molar-refractivity contribution in [2.45, 2.75) is 13.0 Å². The monoisotopic (exact) mass is 304 g/mol. The summed E-state index contributed by atoms with van der Waals surface area (Å²) in [4.78, 5) is 4.47. The average molecular weight is 304 g/mol. The summed E-state index contributed by atoms with van der Waals surface area (Å²) >= 11 is 0. The van der Waals surface area contributed by atoms with Crippen LogP contribution >= 0.6 is 0 Å². The van der Waals surface area contributed by atoms with Gasteiger partial charge in [-0.15, -0.1) is 0 Å². The van der Waals surface area contributed by atoms with E-state index in [0.717, 1.165) is 17.1 Å². The lowest BCUT2D eigenvalue weighted by atomic mass is 9.98. The van der Waals surface area contributed by atoms with E-state index in [1.807, 2.05) is 30.5 Å². The standard InChI is InChI=1S/C20H20N2O/c1-15-7-6-14-21-20(15)22-19(16-8-4-3-5-9-16)17-10-12-18(23-2)13-11-17/h3-14,19H,1-2H3,(H,21,22)/t19-/m0/s1. The molecule has 3 rings (SSSR count). The molecule has 0 aliphatic rings. The van der Waals surface area contributed by atoms with Crippen molar-refractivity contribution in [1.29, 1.82) is 0 Å². The van der Waals surface area contributed by atoms with Crippen molar-refractivity contribution in [2.24, 2.45) is 0 Å². The molecule has 1 heterocycles. The van der Waals surface area contributed by atoms with Crippen LogP contribution in [0.1, 0.15) is 22.7 Å². The summed E-state index contributed by atoms with van der Waals surface area (Å²) in [5, 5.41) is 3.57. The number of hydrogen-bond acceptors (Lipinski definition) is 3. The summed E-state index contributed by atoms with van der Waals surface area (Å²) in [7, 11) is 1.68. The van der Waals surface area contributed by atoms with Crippen LogP contribution in [0.5, 0.6) is 5.75 Å². The van der Waals surface area contributed by atoms with Gasteiger partial charge in [0, 0.05) is 6.20 Å². The molecule has 3 heteroatoms. The van der Waals surface area contributed by atoms with Gasteiger partial charge < -0.3 is 10.1 Å². The number of anilines is 1. The molecule has 0 unspecified atom stereocenters. The molecule has 0 bridgehead atoms. The van der Waals surface area contributed by atoms with Crippen LogP contribution in [0.15, 0.2) is 72.9 Å². The van der Waals surface area contributed by atoms with Crippen LogP contribution in [-0.2, 0) is 0 Å². The summed E-state index contributed by atoms with van der Waals surface area (Å²) in [6, 6.07) is 22.6. The van der Waals surface area contributed by atoms with Gasteiger partial charge in [-0.25, -0.2) is 4.98 Å². The number of ether oxygens (including phenoxy) is 1. The number of methoxy groups -OCH3 is 1. The van der Waals surface area contributed by atoms with Gasteiger partial charge in [-0.2, -0.15) is 0 Å². The molecule has 0 radical (unpaired) electrons. The Labute approximate surface area is 137 Å². The van der Waals surface area contributed by atoms with Crippen LogP contribution < -0.4 is 10.1 Å². The van der Waals surface area contributed by atoms with E-state index < -0.39 is 0 Å². The number of nitrogens with zero attached hydrogens (tertiary/aromatic N) is 1. The second kappa shape index (κ2) is 6.97. The van der Waals surface area contributed by atoms with Crippen LogP contribution in [0.2, 0.25) is 0 Å². The SMILES string of the molecule is COc1ccc([C@@H](Nc2ncccc2C)c2ccccc2)cc1. The van der Waals surface area contributed by atoms with Gasteiger partial charge in [-0.1, -0.05) is 48.5 Å². The second-order valence-electron chi connectivity index (χ2n) is 5.43. The fourth-order valence-corrected chi connectivity index (χ4v) is 2.57. The van der Waals surface area contributed by atoms with Gasteiger partial charge in [-0.3, -0.25) is 0 Å². The molecule has 0 spiro atoms. The van der Waals surface area contributed by atoms with Gasteiger partial charge in [0.05, 0.1) is 13.2 Å². The van der Waals surface area contributed by atoms with Crippen LogP contribution in [0.25, 0.3) is 0 Å². The van der Waals surface area contributed by atoms with Crippen molar-refractivity contribution in [2.75, 3.05) is 12.4 Å². The molecule has 3 aromatic rings. The molecule has 3 nitrogen and oxygen atoms in total. The highest BCUT2D eigenvalue weighted by molar-refractivity contribution is 5.49. The van der Waals surface area contributed by atoms with Crippen LogP contribution in [0.4, 0.5) is 5.82 Å². The van der Waals surface area contributed by atoms with E-state index in [1.165, 1.54) is 11.1 Å². The summed E-state index contributed by atoms with van der Waals surface area (Å²) in [6.07, 6.45) is 1.81. The molecule has 116 valence electrons. The highest BCUT2D eigenvalue weighted by Gasteiger charge is 2.15. The van der Waals surface area contributed by atoms with Crippen molar-refractivity contribution in [3.63, 3.8) is 0 Å². The third-order valence-electron chi connectivity index (χ3n) is 3.87. The predicted molar refractivity (Wildman–Crippen MR) is 93.9 cm³/mol. The molecule has 1 aromatic heterocycles. The summed E-state index contributed by atoms with van der Waals surface area (Å²) in [5.74, 6) is 1.76. The third-order valence-corrected chi connectivity index (χ3v) is 3.87. The number of nitrogens with one attached hydrogen (secondary N) is 1. The first-order valence-corrected chi connectivity index (χ1v) is 7.65. The normalized spacial score (nSPS) is 11.7. The minimum Gasteiger partial charge on any atom is -0.497 e. The van der Waals surface area contributed by atoms with E-state index in [9.17, 15) is 0 Å². The van der Waals surface area contributed by atoms with E-state index in [0.29, 0.717) is 0 Å². The Kier molecular flexibility index (Phi) is 4.57. The lowest BCUT2D eigenvalue weighted by Crippen LogP contribution is -2.14. The van der Waals surface area contributed by atoms with E-state index in [-0.39, 0.29) is 6.04 Å². The molecule has 1 atom stereocenters. The largest absolute Gasteiger partial charge is 0.497 e. The van der Waals surface area contributed by atoms with Gasteiger partial charge in [-0.05, 0) is 41.8 Å². The Morgan fingerprint density at radius 2 is 1.57 bits per heavy atom. The van der Waals surface area contributed by atoms with E-state index >= 15 is 0 Å². The number of pyridine rings is 1. The van der Waals surface area contributed by atoms with Crippen molar-refractivity contribution < 1.29 is 4.74 Å². The summed E-state index contributed by atoms with van der Waals surface area (Å²) < 4.78 is 5.26. The average Bonchev–Trinajstić information content (AvgIpc) is 2.62. The molecule has 0 aliphatic heterocycles. The maximum absolute atomic E-state index is 5.26. The van der Waals surface area contributed by atoms with Crippen LogP contribution in [0, 0.1) is 6.92 Å². The molecule has 0 amide bonds. The summed E-state index contributed by atoms with van der Waals surface area (Å²) in [5.41, 5.74) is 3.49. The van der Waals surface area contributed by atoms with E-state index in [4.69, 9.17) is 4.74 Å². The maximum Gasteiger partial charge on any atom is 0.129 e. The molecule has 0 fully saturated rings. The zero-order valence-electron chi connectivity index (χ0n) is 13.4. The second-order valence-corrected chi connectivity index (χ2v) is 5.43. The zero-order valence-corrected chi connectivity index (χ0v) is 13.4. The van der Waals surface area contributed by atoms with Crippen molar-refractivity contribution >= 4 is 5.82 Å². The quantitative estimate of drug-likeness (QED) is 0.748. The molecule has 0 saturated carbocycles. The number of aromatic nitrogens is 1. The van der Waals surface area contributed by atoms with Crippen molar-refractivity contribution in [3.05, 3.63) is 89.6 Å². The maximum atomic E-state index is 5.26. The first-order valence-electron chi connectivity index (χ1n) is 7.65. The Morgan fingerprint density at radius 3 is 2.22 bits per heavy atom. The van der Waals surface area contributed by atoms with Gasteiger partial charge >= 0.3 is 0 Å². The minimum absolute atomic E-state index is 0.0377. The van der Waals surface area contributed by atoms with Gasteiger partial charge in [0.25, 0.3) is 0 Å². The summed E-state index contributed by atoms with van der Waals surface area (Å²) in [6.45, 7) is 2.06. The molecular weight excluding hydrogens is 284 g/mol. The first-order chi connectivity index (χ1) is 11.3. The number of benzene rings is 2. The Morgan fingerprint density at radius 1 is 0.870 bits per heavy atom. The fourth-order valence-electron chi connectivity index (χ4n) is 2.57. The fraction of sp³-hybridized carbons (Fsp3) is 0.150.